The van der Waals surface area contributed by atoms with Gasteiger partial charge in [-0.3, -0.25) is 15.0 Å². The first-order chi connectivity index (χ1) is 10.3. The summed E-state index contributed by atoms with van der Waals surface area (Å²) < 4.78 is 0. The van der Waals surface area contributed by atoms with Gasteiger partial charge in [0, 0.05) is 25.4 Å². The SMILES string of the molecule is CN(C)c1ccc(C2=CC(=O)C(=N)C(NC(N)=O)C2=O)cc1. The number of allylic oxidation sites excluding steroid dienone is 1. The molecular weight excluding hydrogens is 284 g/mol. The molecule has 0 radical (unpaired) electrons. The van der Waals surface area contributed by atoms with E-state index in [1.165, 1.54) is 0 Å². The maximum atomic E-state index is 12.4. The predicted octanol–water partition coefficient (Wildman–Crippen LogP) is 0.344. The van der Waals surface area contributed by atoms with Crippen LogP contribution in [0.5, 0.6) is 0 Å². The van der Waals surface area contributed by atoms with Gasteiger partial charge in [-0.05, 0) is 23.8 Å². The van der Waals surface area contributed by atoms with E-state index in [4.69, 9.17) is 11.1 Å². The number of nitrogens with one attached hydrogen (secondary N) is 2. The van der Waals surface area contributed by atoms with Crippen LogP contribution < -0.4 is 16.0 Å². The summed E-state index contributed by atoms with van der Waals surface area (Å²) in [4.78, 5) is 37.1. The van der Waals surface area contributed by atoms with Gasteiger partial charge in [-0.15, -0.1) is 0 Å². The Hall–Kier alpha value is -2.96. The molecule has 0 heterocycles. The van der Waals surface area contributed by atoms with Crippen molar-refractivity contribution in [3.8, 4) is 0 Å². The number of urea groups is 1. The summed E-state index contributed by atoms with van der Waals surface area (Å²) in [6.07, 6.45) is 1.12. The molecule has 4 N–H and O–H groups in total. The largest absolute Gasteiger partial charge is 0.378 e. The molecular formula is C15H16N4O3. The Morgan fingerprint density at radius 2 is 1.82 bits per heavy atom. The number of carbonyl (C=O) groups excluding carboxylic acids is 3. The first-order valence-electron chi connectivity index (χ1n) is 6.53. The van der Waals surface area contributed by atoms with Crippen molar-refractivity contribution in [3.63, 3.8) is 0 Å². The molecule has 0 saturated carbocycles. The van der Waals surface area contributed by atoms with Crippen molar-refractivity contribution in [2.24, 2.45) is 5.73 Å². The lowest BCUT2D eigenvalue weighted by atomic mass is 9.87. The van der Waals surface area contributed by atoms with E-state index in [1.54, 1.807) is 12.1 Å². The van der Waals surface area contributed by atoms with Crippen molar-refractivity contribution in [1.82, 2.24) is 5.32 Å². The summed E-state index contributed by atoms with van der Waals surface area (Å²) in [5.74, 6) is -1.15. The molecule has 1 aromatic rings. The minimum absolute atomic E-state index is 0.157. The lowest BCUT2D eigenvalue weighted by Gasteiger charge is -2.22. The standard InChI is InChI=1S/C15H16N4O3/c1-19(2)9-5-3-8(4-6-9)10-7-11(20)12(16)13(14(10)21)18-15(17)22/h3-7,13,16H,1-2H3,(H3,17,18,22). The van der Waals surface area contributed by atoms with Gasteiger partial charge in [0.05, 0.1) is 0 Å². The molecule has 7 nitrogen and oxygen atoms in total. The minimum atomic E-state index is -1.33. The summed E-state index contributed by atoms with van der Waals surface area (Å²) in [5.41, 5.74) is 6.16. The summed E-state index contributed by atoms with van der Waals surface area (Å²) in [6.45, 7) is 0. The number of primary amides is 1. The van der Waals surface area contributed by atoms with Crippen LogP contribution in [0.2, 0.25) is 0 Å². The van der Waals surface area contributed by atoms with E-state index >= 15 is 0 Å². The first-order valence-corrected chi connectivity index (χ1v) is 6.53. The molecule has 0 aliphatic heterocycles. The fourth-order valence-electron chi connectivity index (χ4n) is 2.15. The molecule has 1 atom stereocenters. The quantitative estimate of drug-likeness (QED) is 0.746. The van der Waals surface area contributed by atoms with E-state index in [1.807, 2.05) is 31.1 Å². The summed E-state index contributed by atoms with van der Waals surface area (Å²) in [5, 5.41) is 9.76. The lowest BCUT2D eigenvalue weighted by molar-refractivity contribution is -0.116. The van der Waals surface area contributed by atoms with Crippen LogP contribution in [-0.4, -0.2) is 43.4 Å². The van der Waals surface area contributed by atoms with Crippen LogP contribution in [0.25, 0.3) is 5.57 Å². The average Bonchev–Trinajstić information content (AvgIpc) is 2.47. The van der Waals surface area contributed by atoms with Crippen LogP contribution in [-0.2, 0) is 9.59 Å². The lowest BCUT2D eigenvalue weighted by Crippen LogP contribution is -2.52. The van der Waals surface area contributed by atoms with Crippen molar-refractivity contribution >= 4 is 34.6 Å². The van der Waals surface area contributed by atoms with E-state index in [0.717, 1.165) is 11.8 Å². The Labute approximate surface area is 127 Å². The molecule has 0 bridgehead atoms. The molecule has 1 aliphatic rings. The van der Waals surface area contributed by atoms with E-state index in [-0.39, 0.29) is 5.57 Å². The van der Waals surface area contributed by atoms with E-state index < -0.39 is 29.4 Å². The van der Waals surface area contributed by atoms with E-state index in [0.29, 0.717) is 5.56 Å². The predicted molar refractivity (Wildman–Crippen MR) is 83.0 cm³/mol. The highest BCUT2D eigenvalue weighted by molar-refractivity contribution is 6.57. The summed E-state index contributed by atoms with van der Waals surface area (Å²) in [7, 11) is 3.77. The van der Waals surface area contributed by atoms with Crippen molar-refractivity contribution in [3.05, 3.63) is 35.9 Å². The number of hydrogen-bond donors (Lipinski definition) is 3. The Morgan fingerprint density at radius 1 is 1.23 bits per heavy atom. The fourth-order valence-corrected chi connectivity index (χ4v) is 2.15. The number of hydrogen-bond acceptors (Lipinski definition) is 5. The average molecular weight is 300 g/mol. The Bertz CT molecular complexity index is 689. The van der Waals surface area contributed by atoms with Gasteiger partial charge in [0.2, 0.25) is 5.78 Å². The second kappa shape index (κ2) is 5.80. The first kappa shape index (κ1) is 15.4. The number of amides is 2. The van der Waals surface area contributed by atoms with Crippen LogP contribution in [0.3, 0.4) is 0 Å². The molecule has 7 heteroatoms. The molecule has 2 amide bonds. The highest BCUT2D eigenvalue weighted by Crippen LogP contribution is 2.23. The van der Waals surface area contributed by atoms with Crippen LogP contribution in [0, 0.1) is 5.41 Å². The topological polar surface area (TPSA) is 116 Å². The number of rotatable bonds is 3. The van der Waals surface area contributed by atoms with Crippen LogP contribution in [0.15, 0.2) is 30.3 Å². The number of nitrogens with zero attached hydrogens (tertiary/aromatic N) is 1. The number of nitrogens with two attached hydrogens (primary N) is 1. The van der Waals surface area contributed by atoms with Gasteiger partial charge in [0.25, 0.3) is 0 Å². The van der Waals surface area contributed by atoms with Gasteiger partial charge in [-0.2, -0.15) is 0 Å². The minimum Gasteiger partial charge on any atom is -0.378 e. The number of anilines is 1. The molecule has 0 aromatic heterocycles. The number of Topliss-reactive ketones (excluding diaryl/α,β-unsaturated/α-hetero) is 1. The smallest absolute Gasteiger partial charge is 0.313 e. The zero-order chi connectivity index (χ0) is 16.4. The van der Waals surface area contributed by atoms with Crippen LogP contribution in [0.4, 0.5) is 10.5 Å². The zero-order valence-corrected chi connectivity index (χ0v) is 12.2. The third kappa shape index (κ3) is 2.88. The molecule has 0 fully saturated rings. The van der Waals surface area contributed by atoms with Gasteiger partial charge in [0.1, 0.15) is 11.8 Å². The number of ketones is 2. The maximum absolute atomic E-state index is 12.4. The second-order valence-corrected chi connectivity index (χ2v) is 5.08. The van der Waals surface area contributed by atoms with Crippen molar-refractivity contribution in [1.29, 1.82) is 5.41 Å². The molecule has 0 saturated heterocycles. The molecule has 1 unspecified atom stereocenters. The zero-order valence-electron chi connectivity index (χ0n) is 12.2. The van der Waals surface area contributed by atoms with Gasteiger partial charge >= 0.3 is 6.03 Å². The van der Waals surface area contributed by atoms with Gasteiger partial charge in [-0.1, -0.05) is 12.1 Å². The maximum Gasteiger partial charge on any atom is 0.313 e. The molecule has 114 valence electrons. The summed E-state index contributed by atoms with van der Waals surface area (Å²) in [6, 6.07) is 4.75. The van der Waals surface area contributed by atoms with Gasteiger partial charge in [0.15, 0.2) is 5.78 Å². The molecule has 1 aliphatic carbocycles. The molecule has 22 heavy (non-hydrogen) atoms. The fraction of sp³-hybridized carbons (Fsp3) is 0.200. The highest BCUT2D eigenvalue weighted by Gasteiger charge is 2.35. The highest BCUT2D eigenvalue weighted by atomic mass is 16.2. The Morgan fingerprint density at radius 3 is 2.32 bits per heavy atom. The van der Waals surface area contributed by atoms with Crippen molar-refractivity contribution in [2.75, 3.05) is 19.0 Å². The molecule has 1 aromatic carbocycles. The van der Waals surface area contributed by atoms with Crippen molar-refractivity contribution in [2.45, 2.75) is 6.04 Å². The monoisotopic (exact) mass is 300 g/mol. The molecule has 2 rings (SSSR count). The third-order valence-electron chi connectivity index (χ3n) is 3.34. The van der Waals surface area contributed by atoms with Crippen molar-refractivity contribution < 1.29 is 14.4 Å². The van der Waals surface area contributed by atoms with E-state index in [2.05, 4.69) is 5.32 Å². The molecule has 0 spiro atoms. The summed E-state index contributed by atoms with van der Waals surface area (Å²) >= 11 is 0. The third-order valence-corrected chi connectivity index (χ3v) is 3.34. The normalized spacial score (nSPS) is 18.0. The van der Waals surface area contributed by atoms with Gasteiger partial charge < -0.3 is 16.0 Å². The van der Waals surface area contributed by atoms with Gasteiger partial charge in [-0.25, -0.2) is 4.79 Å². The van der Waals surface area contributed by atoms with Crippen LogP contribution >= 0.6 is 0 Å². The Kier molecular flexibility index (Phi) is 4.07. The van der Waals surface area contributed by atoms with E-state index in [9.17, 15) is 14.4 Å². The number of carbonyl (C=O) groups is 3. The second-order valence-electron chi connectivity index (χ2n) is 5.08. The van der Waals surface area contributed by atoms with Crippen LogP contribution in [0.1, 0.15) is 5.56 Å². The Balaban J connectivity index is 2.39. The number of benzene rings is 1.